The van der Waals surface area contributed by atoms with E-state index in [1.807, 2.05) is 0 Å². The highest BCUT2D eigenvalue weighted by molar-refractivity contribution is 6.04. The van der Waals surface area contributed by atoms with Crippen LogP contribution in [-0.4, -0.2) is 52.2 Å². The fourth-order valence-electron chi connectivity index (χ4n) is 4.06. The molecule has 3 aromatic rings. The molecule has 2 aromatic carbocycles. The topological polar surface area (TPSA) is 117 Å². The SMILES string of the molecule is COc1cc(C(=O)O)ccc1Nc1ncc(C(F)(F)F)c(Nc2cccc3c2C(=O)N(CCF)C3C)n1. The lowest BCUT2D eigenvalue weighted by atomic mass is 10.0. The van der Waals surface area contributed by atoms with E-state index in [4.69, 9.17) is 9.84 Å². The number of nitrogens with zero attached hydrogens (tertiary/aromatic N) is 3. The fraction of sp³-hybridized carbons (Fsp3) is 0.250. The number of carbonyl (C=O) groups excluding carboxylic acids is 1. The maximum absolute atomic E-state index is 13.8. The first-order chi connectivity index (χ1) is 17.5. The van der Waals surface area contributed by atoms with E-state index >= 15 is 0 Å². The fourth-order valence-corrected chi connectivity index (χ4v) is 4.06. The highest BCUT2D eigenvalue weighted by Gasteiger charge is 2.38. The van der Waals surface area contributed by atoms with E-state index in [0.29, 0.717) is 11.8 Å². The van der Waals surface area contributed by atoms with Crippen LogP contribution in [0.1, 0.15) is 44.8 Å². The number of nitrogens with one attached hydrogen (secondary N) is 2. The maximum Gasteiger partial charge on any atom is 0.421 e. The molecule has 0 saturated heterocycles. The number of amides is 1. The van der Waals surface area contributed by atoms with Gasteiger partial charge in [0.05, 0.1) is 35.7 Å². The third-order valence-electron chi connectivity index (χ3n) is 5.86. The van der Waals surface area contributed by atoms with Gasteiger partial charge in [0.2, 0.25) is 5.95 Å². The molecule has 0 saturated carbocycles. The van der Waals surface area contributed by atoms with Crippen molar-refractivity contribution in [2.24, 2.45) is 0 Å². The molecule has 2 heterocycles. The van der Waals surface area contributed by atoms with Crippen LogP contribution in [-0.2, 0) is 6.18 Å². The number of ether oxygens (including phenoxy) is 1. The predicted molar refractivity (Wildman–Crippen MR) is 125 cm³/mol. The smallest absolute Gasteiger partial charge is 0.421 e. The lowest BCUT2D eigenvalue weighted by Gasteiger charge is -2.20. The van der Waals surface area contributed by atoms with E-state index < -0.39 is 42.2 Å². The molecular formula is C24H21F4N5O4. The van der Waals surface area contributed by atoms with Crippen molar-refractivity contribution in [1.29, 1.82) is 0 Å². The standard InChI is InChI=1S/C24H21F4N5O4/c1-12-14-4-3-5-17(19(14)21(34)33(12)9-8-25)30-20-15(24(26,27)28)11-29-23(32-20)31-16-7-6-13(22(35)36)10-18(16)37-2/h3-7,10-12H,8-9H2,1-2H3,(H,35,36)(H2,29,30,31,32). The summed E-state index contributed by atoms with van der Waals surface area (Å²) in [4.78, 5) is 33.2. The zero-order chi connectivity index (χ0) is 26.9. The number of anilines is 4. The van der Waals surface area contributed by atoms with Gasteiger partial charge >= 0.3 is 12.1 Å². The van der Waals surface area contributed by atoms with Gasteiger partial charge in [0.25, 0.3) is 5.91 Å². The summed E-state index contributed by atoms with van der Waals surface area (Å²) in [6.45, 7) is 0.801. The van der Waals surface area contributed by atoms with E-state index in [2.05, 4.69) is 20.6 Å². The molecule has 37 heavy (non-hydrogen) atoms. The van der Waals surface area contributed by atoms with Crippen LogP contribution in [0.25, 0.3) is 0 Å². The van der Waals surface area contributed by atoms with Crippen LogP contribution in [0.4, 0.5) is 40.7 Å². The lowest BCUT2D eigenvalue weighted by molar-refractivity contribution is -0.137. The molecule has 1 unspecified atom stereocenters. The van der Waals surface area contributed by atoms with Crippen LogP contribution >= 0.6 is 0 Å². The number of benzene rings is 2. The van der Waals surface area contributed by atoms with Crippen LogP contribution in [0.3, 0.4) is 0 Å². The summed E-state index contributed by atoms with van der Waals surface area (Å²) < 4.78 is 59.5. The van der Waals surface area contributed by atoms with E-state index in [-0.39, 0.29) is 40.7 Å². The molecule has 0 bridgehead atoms. The molecule has 9 nitrogen and oxygen atoms in total. The predicted octanol–water partition coefficient (Wildman–Crippen LogP) is 5.18. The molecule has 0 aliphatic carbocycles. The number of methoxy groups -OCH3 is 1. The monoisotopic (exact) mass is 519 g/mol. The molecule has 194 valence electrons. The summed E-state index contributed by atoms with van der Waals surface area (Å²) in [5.74, 6) is -2.46. The molecule has 0 radical (unpaired) electrons. The summed E-state index contributed by atoms with van der Waals surface area (Å²) in [6, 6.07) is 8.09. The van der Waals surface area contributed by atoms with Crippen LogP contribution in [0.15, 0.2) is 42.6 Å². The summed E-state index contributed by atoms with van der Waals surface area (Å²) in [5, 5.41) is 14.5. The third-order valence-corrected chi connectivity index (χ3v) is 5.86. The lowest BCUT2D eigenvalue weighted by Crippen LogP contribution is -2.28. The molecule has 0 spiro atoms. The Kier molecular flexibility index (Phi) is 6.88. The minimum Gasteiger partial charge on any atom is -0.495 e. The number of aromatic carboxylic acids is 1. The van der Waals surface area contributed by atoms with Gasteiger partial charge in [0.1, 0.15) is 23.8 Å². The molecule has 13 heteroatoms. The Morgan fingerprint density at radius 3 is 2.59 bits per heavy atom. The Labute approximate surface area is 208 Å². The summed E-state index contributed by atoms with van der Waals surface area (Å²) in [7, 11) is 1.30. The summed E-state index contributed by atoms with van der Waals surface area (Å²) in [6.07, 6.45) is -4.24. The van der Waals surface area contributed by atoms with E-state index in [1.165, 1.54) is 36.3 Å². The number of aromatic nitrogens is 2. The van der Waals surface area contributed by atoms with Gasteiger partial charge in [-0.2, -0.15) is 18.2 Å². The molecule has 4 rings (SSSR count). The number of carboxylic acid groups (broad SMARTS) is 1. The Balaban J connectivity index is 1.73. The zero-order valence-corrected chi connectivity index (χ0v) is 19.6. The minimum absolute atomic E-state index is 0.0586. The number of carboxylic acids is 1. The zero-order valence-electron chi connectivity index (χ0n) is 19.6. The van der Waals surface area contributed by atoms with Gasteiger partial charge in [-0.1, -0.05) is 12.1 Å². The van der Waals surface area contributed by atoms with E-state index in [0.717, 1.165) is 0 Å². The first kappa shape index (κ1) is 25.7. The van der Waals surface area contributed by atoms with Crippen molar-refractivity contribution in [3.05, 3.63) is 64.8 Å². The van der Waals surface area contributed by atoms with Gasteiger partial charge in [0.15, 0.2) is 0 Å². The number of halogens is 4. The summed E-state index contributed by atoms with van der Waals surface area (Å²) in [5.41, 5.74) is -0.262. The molecule has 1 amide bonds. The first-order valence-corrected chi connectivity index (χ1v) is 10.9. The number of alkyl halides is 4. The Morgan fingerprint density at radius 2 is 1.95 bits per heavy atom. The van der Waals surface area contributed by atoms with Crippen molar-refractivity contribution in [2.75, 3.05) is 31.0 Å². The summed E-state index contributed by atoms with van der Waals surface area (Å²) >= 11 is 0. The molecule has 1 aliphatic heterocycles. The number of rotatable bonds is 8. The Bertz CT molecular complexity index is 1370. The van der Waals surface area contributed by atoms with Crippen LogP contribution in [0.5, 0.6) is 5.75 Å². The van der Waals surface area contributed by atoms with Crippen molar-refractivity contribution in [1.82, 2.24) is 14.9 Å². The molecule has 1 aromatic heterocycles. The highest BCUT2D eigenvalue weighted by atomic mass is 19.4. The quantitative estimate of drug-likeness (QED) is 0.349. The van der Waals surface area contributed by atoms with Crippen LogP contribution in [0, 0.1) is 0 Å². The second-order valence-electron chi connectivity index (χ2n) is 8.06. The number of hydrogen-bond donors (Lipinski definition) is 3. The second kappa shape index (κ2) is 9.91. The highest BCUT2D eigenvalue weighted by Crippen LogP contribution is 2.40. The van der Waals surface area contributed by atoms with Gasteiger partial charge in [-0.25, -0.2) is 14.2 Å². The molecule has 1 aliphatic rings. The van der Waals surface area contributed by atoms with E-state index in [9.17, 15) is 27.2 Å². The largest absolute Gasteiger partial charge is 0.495 e. The maximum atomic E-state index is 13.8. The minimum atomic E-state index is -4.82. The molecule has 1 atom stereocenters. The number of carbonyl (C=O) groups is 2. The average Bonchev–Trinajstić information content (AvgIpc) is 3.09. The average molecular weight is 519 g/mol. The van der Waals surface area contributed by atoms with Gasteiger partial charge in [-0.05, 0) is 36.8 Å². The van der Waals surface area contributed by atoms with Crippen molar-refractivity contribution in [3.8, 4) is 5.75 Å². The van der Waals surface area contributed by atoms with Crippen molar-refractivity contribution in [3.63, 3.8) is 0 Å². The van der Waals surface area contributed by atoms with Crippen LogP contribution < -0.4 is 15.4 Å². The normalized spacial score (nSPS) is 14.9. The van der Waals surface area contributed by atoms with Gasteiger partial charge in [-0.3, -0.25) is 4.79 Å². The van der Waals surface area contributed by atoms with Crippen molar-refractivity contribution in [2.45, 2.75) is 19.1 Å². The first-order valence-electron chi connectivity index (χ1n) is 10.9. The second-order valence-corrected chi connectivity index (χ2v) is 8.06. The van der Waals surface area contributed by atoms with Gasteiger partial charge < -0.3 is 25.4 Å². The molecule has 0 fully saturated rings. The third kappa shape index (κ3) is 4.97. The molecular weight excluding hydrogens is 498 g/mol. The van der Waals surface area contributed by atoms with E-state index in [1.54, 1.807) is 19.1 Å². The Morgan fingerprint density at radius 1 is 1.19 bits per heavy atom. The van der Waals surface area contributed by atoms with Crippen molar-refractivity contribution >= 4 is 35.0 Å². The number of hydrogen-bond acceptors (Lipinski definition) is 7. The number of fused-ring (bicyclic) bond motifs is 1. The molecule has 3 N–H and O–H groups in total. The van der Waals surface area contributed by atoms with Gasteiger partial charge in [0, 0.05) is 12.7 Å². The Hall–Kier alpha value is -4.42. The van der Waals surface area contributed by atoms with Crippen LogP contribution in [0.2, 0.25) is 0 Å². The van der Waals surface area contributed by atoms with Gasteiger partial charge in [-0.15, -0.1) is 0 Å². The van der Waals surface area contributed by atoms with Crippen molar-refractivity contribution < 1.29 is 37.0 Å².